The summed E-state index contributed by atoms with van der Waals surface area (Å²) in [6.07, 6.45) is -1.34. The summed E-state index contributed by atoms with van der Waals surface area (Å²) in [4.78, 5) is 40.0. The summed E-state index contributed by atoms with van der Waals surface area (Å²) in [6.45, 7) is 5.25. The highest BCUT2D eigenvalue weighted by Gasteiger charge is 2.40. The Labute approximate surface area is 194 Å². The number of likely N-dealkylation sites (tertiary alicyclic amines) is 1. The molecule has 0 radical (unpaired) electrons. The molecule has 176 valence electrons. The van der Waals surface area contributed by atoms with E-state index in [4.69, 9.17) is 0 Å². The van der Waals surface area contributed by atoms with Gasteiger partial charge in [0.25, 0.3) is 0 Å². The molecule has 3 rings (SSSR count). The summed E-state index contributed by atoms with van der Waals surface area (Å²) in [5.74, 6) is -0.729. The minimum atomic E-state index is -1.28. The van der Waals surface area contributed by atoms with E-state index in [-0.39, 0.29) is 25.4 Å². The largest absolute Gasteiger partial charge is 0.343 e. The normalized spacial score (nSPS) is 18.8. The Morgan fingerprint density at radius 1 is 1.03 bits per heavy atom. The summed E-state index contributed by atoms with van der Waals surface area (Å²) in [5, 5.41) is 3.04. The monoisotopic (exact) mass is 453 g/mol. The molecule has 0 bridgehead atoms. The number of hydrogen-bond donors (Lipinski definition) is 1. The first-order valence-electron chi connectivity index (χ1n) is 11.3. The van der Waals surface area contributed by atoms with Crippen molar-refractivity contribution in [1.82, 2.24) is 15.1 Å². The van der Waals surface area contributed by atoms with Gasteiger partial charge in [-0.05, 0) is 22.6 Å². The molecule has 1 heterocycles. The molecule has 0 aromatic heterocycles. The van der Waals surface area contributed by atoms with E-state index in [9.17, 15) is 18.8 Å². The minimum absolute atomic E-state index is 0.0604. The third-order valence-electron chi connectivity index (χ3n) is 6.14. The lowest BCUT2D eigenvalue weighted by atomic mass is 9.95. The first-order chi connectivity index (χ1) is 15.7. The summed E-state index contributed by atoms with van der Waals surface area (Å²) in [6, 6.07) is 16.3. The van der Waals surface area contributed by atoms with Gasteiger partial charge in [-0.1, -0.05) is 68.4 Å². The van der Waals surface area contributed by atoms with Crippen LogP contribution in [0.4, 0.5) is 4.39 Å². The number of likely N-dealkylation sites (N-methyl/N-ethyl adjacent to an activating group) is 1. The molecule has 33 heavy (non-hydrogen) atoms. The second kappa shape index (κ2) is 10.6. The van der Waals surface area contributed by atoms with Crippen molar-refractivity contribution in [2.24, 2.45) is 0 Å². The van der Waals surface area contributed by atoms with Gasteiger partial charge in [-0.2, -0.15) is 0 Å². The van der Waals surface area contributed by atoms with Crippen LogP contribution in [0, 0.1) is 0 Å². The highest BCUT2D eigenvalue weighted by molar-refractivity contribution is 5.91. The number of alkyl halides is 1. The second-order valence-corrected chi connectivity index (χ2v) is 8.94. The lowest BCUT2D eigenvalue weighted by molar-refractivity contribution is -0.142. The van der Waals surface area contributed by atoms with Gasteiger partial charge in [-0.3, -0.25) is 14.4 Å². The number of halogens is 1. The van der Waals surface area contributed by atoms with E-state index in [0.717, 1.165) is 11.1 Å². The number of rotatable bonds is 7. The van der Waals surface area contributed by atoms with Crippen LogP contribution in [0.2, 0.25) is 0 Å². The van der Waals surface area contributed by atoms with Gasteiger partial charge in [0.2, 0.25) is 17.7 Å². The molecule has 0 spiro atoms. The highest BCUT2D eigenvalue weighted by atomic mass is 19.1. The van der Waals surface area contributed by atoms with Crippen LogP contribution in [-0.4, -0.2) is 59.9 Å². The lowest BCUT2D eigenvalue weighted by Gasteiger charge is -2.28. The van der Waals surface area contributed by atoms with Crippen molar-refractivity contribution in [3.63, 3.8) is 0 Å². The zero-order chi connectivity index (χ0) is 24.1. The molecule has 6 nitrogen and oxygen atoms in total. The molecule has 7 heteroatoms. The Bertz CT molecular complexity index is 978. The number of carbonyl (C=O) groups excluding carboxylic acids is 3. The molecule has 2 aromatic carbocycles. The molecule has 0 aliphatic carbocycles. The van der Waals surface area contributed by atoms with E-state index < -0.39 is 30.1 Å². The van der Waals surface area contributed by atoms with Gasteiger partial charge in [0.05, 0.1) is 19.1 Å². The van der Waals surface area contributed by atoms with Crippen molar-refractivity contribution in [1.29, 1.82) is 0 Å². The molecule has 1 fully saturated rings. The number of benzene rings is 2. The number of amides is 3. The second-order valence-electron chi connectivity index (χ2n) is 8.94. The average Bonchev–Trinajstić information content (AvgIpc) is 3.20. The Morgan fingerprint density at radius 3 is 2.18 bits per heavy atom. The van der Waals surface area contributed by atoms with E-state index in [2.05, 4.69) is 19.2 Å². The van der Waals surface area contributed by atoms with Crippen LogP contribution in [0.3, 0.4) is 0 Å². The minimum Gasteiger partial charge on any atom is -0.343 e. The van der Waals surface area contributed by atoms with Gasteiger partial charge in [0.15, 0.2) is 0 Å². The van der Waals surface area contributed by atoms with Gasteiger partial charge in [0.1, 0.15) is 12.2 Å². The van der Waals surface area contributed by atoms with Crippen LogP contribution in [0.5, 0.6) is 0 Å². The maximum atomic E-state index is 14.3. The maximum absolute atomic E-state index is 14.3. The van der Waals surface area contributed by atoms with E-state index in [1.807, 2.05) is 54.6 Å². The van der Waals surface area contributed by atoms with Crippen molar-refractivity contribution in [2.75, 3.05) is 20.1 Å². The Hall–Kier alpha value is -3.22. The van der Waals surface area contributed by atoms with E-state index >= 15 is 0 Å². The molecule has 3 amide bonds. The van der Waals surface area contributed by atoms with Crippen LogP contribution < -0.4 is 5.32 Å². The Balaban J connectivity index is 1.83. The van der Waals surface area contributed by atoms with Crippen molar-refractivity contribution in [2.45, 2.75) is 51.4 Å². The lowest BCUT2D eigenvalue weighted by Crippen LogP contribution is -2.49. The van der Waals surface area contributed by atoms with Gasteiger partial charge in [-0.15, -0.1) is 0 Å². The summed E-state index contributed by atoms with van der Waals surface area (Å²) >= 11 is 0. The zero-order valence-electron chi connectivity index (χ0n) is 19.6. The smallest absolute Gasteiger partial charge is 0.243 e. The predicted octanol–water partition coefficient (Wildman–Crippen LogP) is 3.43. The van der Waals surface area contributed by atoms with Crippen LogP contribution in [0.15, 0.2) is 54.6 Å². The van der Waals surface area contributed by atoms with E-state index in [1.165, 1.54) is 29.3 Å². The number of carbonyl (C=O) groups is 3. The van der Waals surface area contributed by atoms with Crippen molar-refractivity contribution in [3.05, 3.63) is 71.3 Å². The highest BCUT2D eigenvalue weighted by Crippen LogP contribution is 2.27. The summed E-state index contributed by atoms with van der Waals surface area (Å²) in [5.41, 5.74) is 2.99. The Morgan fingerprint density at radius 2 is 1.61 bits per heavy atom. The van der Waals surface area contributed by atoms with Gasteiger partial charge >= 0.3 is 0 Å². The van der Waals surface area contributed by atoms with E-state index in [0.29, 0.717) is 5.92 Å². The first-order valence-corrected chi connectivity index (χ1v) is 11.3. The quantitative estimate of drug-likeness (QED) is 0.698. The molecule has 1 N–H and O–H groups in total. The first kappa shape index (κ1) is 24.4. The molecule has 0 saturated carbocycles. The fourth-order valence-corrected chi connectivity index (χ4v) is 4.03. The molecular weight excluding hydrogens is 421 g/mol. The predicted molar refractivity (Wildman–Crippen MR) is 125 cm³/mol. The van der Waals surface area contributed by atoms with Crippen molar-refractivity contribution >= 4 is 17.7 Å². The number of nitrogens with zero attached hydrogens (tertiary/aromatic N) is 2. The van der Waals surface area contributed by atoms with Crippen LogP contribution in [0.1, 0.15) is 55.8 Å². The van der Waals surface area contributed by atoms with Crippen LogP contribution >= 0.6 is 0 Å². The van der Waals surface area contributed by atoms with Crippen LogP contribution in [-0.2, 0) is 14.4 Å². The average molecular weight is 454 g/mol. The molecule has 1 aliphatic heterocycles. The van der Waals surface area contributed by atoms with Gasteiger partial charge in [0, 0.05) is 20.4 Å². The molecule has 2 aromatic rings. The molecule has 1 aliphatic rings. The number of nitrogens with one attached hydrogen (secondary N) is 1. The van der Waals surface area contributed by atoms with Crippen LogP contribution in [0.25, 0.3) is 0 Å². The molecule has 3 atom stereocenters. The van der Waals surface area contributed by atoms with Gasteiger partial charge < -0.3 is 15.1 Å². The third-order valence-corrected chi connectivity index (χ3v) is 6.14. The SMILES string of the molecule is CC(=O)N(C)CC(=O)N1CC(F)CC1C(=O)NC(c1ccccc1)c1ccc(C(C)C)cc1. The zero-order valence-corrected chi connectivity index (χ0v) is 19.6. The fraction of sp³-hybridized carbons (Fsp3) is 0.423. The maximum Gasteiger partial charge on any atom is 0.243 e. The molecule has 1 saturated heterocycles. The summed E-state index contributed by atoms with van der Waals surface area (Å²) in [7, 11) is 1.50. The topological polar surface area (TPSA) is 69.7 Å². The molecule has 3 unspecified atom stereocenters. The van der Waals surface area contributed by atoms with E-state index in [1.54, 1.807) is 0 Å². The Kier molecular flexibility index (Phi) is 7.84. The van der Waals surface area contributed by atoms with Crippen molar-refractivity contribution in [3.8, 4) is 0 Å². The fourth-order valence-electron chi connectivity index (χ4n) is 4.03. The standard InChI is InChI=1S/C26H32FN3O3/c1-17(2)19-10-12-21(13-11-19)25(20-8-6-5-7-9-20)28-26(33)23-14-22(27)15-30(23)24(32)16-29(4)18(3)31/h5-13,17,22-23,25H,14-16H2,1-4H3,(H,28,33). The van der Waals surface area contributed by atoms with Crippen molar-refractivity contribution < 1.29 is 18.8 Å². The molecular formula is C26H32FN3O3. The third kappa shape index (κ3) is 5.97. The summed E-state index contributed by atoms with van der Waals surface area (Å²) < 4.78 is 14.3. The van der Waals surface area contributed by atoms with Gasteiger partial charge in [-0.25, -0.2) is 4.39 Å². The number of hydrogen-bond acceptors (Lipinski definition) is 3.